The van der Waals surface area contributed by atoms with Gasteiger partial charge in [0.2, 0.25) is 6.10 Å². The van der Waals surface area contributed by atoms with Crippen LogP contribution in [0.3, 0.4) is 0 Å². The van der Waals surface area contributed by atoms with Crippen molar-refractivity contribution in [3.05, 3.63) is 34.9 Å². The molecule has 0 radical (unpaired) electrons. The molecule has 0 amide bonds. The Hall–Kier alpha value is -1.55. The number of cyclic esters (lactones) is 1. The number of carbonyl (C=O) groups excluding carboxylic acids is 2. The van der Waals surface area contributed by atoms with E-state index in [1.807, 2.05) is 24.3 Å². The van der Waals surface area contributed by atoms with Crippen molar-refractivity contribution in [1.29, 1.82) is 0 Å². The van der Waals surface area contributed by atoms with Crippen molar-refractivity contribution in [3.63, 3.8) is 0 Å². The van der Waals surface area contributed by atoms with E-state index < -0.39 is 12.1 Å². The molecule has 3 atom stereocenters. The van der Waals surface area contributed by atoms with Crippen molar-refractivity contribution in [2.75, 3.05) is 0 Å². The molecule has 2 aliphatic rings. The number of carbonyl (C=O) groups is 2. The molecule has 0 saturated carbocycles. The highest BCUT2D eigenvalue weighted by Gasteiger charge is 2.52. The molecule has 0 aromatic heterocycles. The first kappa shape index (κ1) is 12.5. The van der Waals surface area contributed by atoms with Crippen LogP contribution in [0, 0.1) is 5.92 Å². The smallest absolute Gasteiger partial charge is 0.348 e. The van der Waals surface area contributed by atoms with Gasteiger partial charge in [-0.3, -0.25) is 4.79 Å². The molecule has 5 heteroatoms. The van der Waals surface area contributed by atoms with Crippen LogP contribution in [-0.2, 0) is 25.5 Å². The maximum Gasteiger partial charge on any atom is 0.348 e. The second kappa shape index (κ2) is 4.85. The Morgan fingerprint density at radius 2 is 2.00 bits per heavy atom. The minimum absolute atomic E-state index is 0.137. The lowest BCUT2D eigenvalue weighted by Gasteiger charge is -2.14. The van der Waals surface area contributed by atoms with Crippen LogP contribution < -0.4 is 0 Å². The zero-order chi connectivity index (χ0) is 13.4. The number of rotatable bonds is 3. The van der Waals surface area contributed by atoms with Gasteiger partial charge in [-0.15, -0.1) is 0 Å². The van der Waals surface area contributed by atoms with Crippen molar-refractivity contribution in [2.45, 2.75) is 31.5 Å². The maximum atomic E-state index is 11.6. The van der Waals surface area contributed by atoms with E-state index in [0.717, 1.165) is 12.0 Å². The average Bonchev–Trinajstić information content (AvgIpc) is 2.89. The molecule has 3 rings (SSSR count). The molecule has 2 fully saturated rings. The highest BCUT2D eigenvalue weighted by Crippen LogP contribution is 2.36. The van der Waals surface area contributed by atoms with Gasteiger partial charge in [-0.05, 0) is 24.5 Å². The van der Waals surface area contributed by atoms with Gasteiger partial charge in [0, 0.05) is 5.02 Å². The molecular formula is C14H13ClO4. The van der Waals surface area contributed by atoms with Crippen LogP contribution in [0.2, 0.25) is 5.02 Å². The summed E-state index contributed by atoms with van der Waals surface area (Å²) in [4.78, 5) is 22.8. The zero-order valence-electron chi connectivity index (χ0n) is 10.2. The third kappa shape index (κ3) is 2.32. The summed E-state index contributed by atoms with van der Waals surface area (Å²) in [6, 6.07) is 7.59. The monoisotopic (exact) mass is 280 g/mol. The van der Waals surface area contributed by atoms with Crippen LogP contribution in [0.25, 0.3) is 0 Å². The van der Waals surface area contributed by atoms with E-state index in [9.17, 15) is 9.59 Å². The Balaban J connectivity index is 1.66. The zero-order valence-corrected chi connectivity index (χ0v) is 10.9. The third-order valence-electron chi connectivity index (χ3n) is 3.68. The topological polar surface area (TPSA) is 52.6 Å². The van der Waals surface area contributed by atoms with Crippen LogP contribution in [-0.4, -0.2) is 24.1 Å². The van der Waals surface area contributed by atoms with Crippen LogP contribution >= 0.6 is 11.6 Å². The van der Waals surface area contributed by atoms with Crippen molar-refractivity contribution in [3.8, 4) is 0 Å². The van der Waals surface area contributed by atoms with Gasteiger partial charge in [0.15, 0.2) is 0 Å². The second-order valence-electron chi connectivity index (χ2n) is 4.88. The van der Waals surface area contributed by atoms with Gasteiger partial charge in [0.1, 0.15) is 6.10 Å². The normalized spacial score (nSPS) is 29.0. The van der Waals surface area contributed by atoms with Crippen molar-refractivity contribution < 1.29 is 19.1 Å². The van der Waals surface area contributed by atoms with Crippen molar-refractivity contribution >= 4 is 23.5 Å². The first-order valence-electron chi connectivity index (χ1n) is 6.28. The quantitative estimate of drug-likeness (QED) is 0.796. The Labute approximate surface area is 115 Å². The largest absolute Gasteiger partial charge is 0.459 e. The van der Waals surface area contributed by atoms with E-state index in [1.165, 1.54) is 0 Å². The molecular weight excluding hydrogens is 268 g/mol. The first-order chi connectivity index (χ1) is 9.15. The lowest BCUT2D eigenvalue weighted by Crippen LogP contribution is -2.21. The van der Waals surface area contributed by atoms with E-state index >= 15 is 0 Å². The lowest BCUT2D eigenvalue weighted by molar-refractivity contribution is -0.158. The van der Waals surface area contributed by atoms with E-state index in [1.54, 1.807) is 0 Å². The van der Waals surface area contributed by atoms with Gasteiger partial charge in [-0.2, -0.15) is 0 Å². The van der Waals surface area contributed by atoms with Crippen LogP contribution in [0.1, 0.15) is 18.4 Å². The van der Waals surface area contributed by atoms with Crippen molar-refractivity contribution in [1.82, 2.24) is 0 Å². The SMILES string of the molecule is O=C1C[C@H]2[C@H](CCc3ccccc3Cl)OC(=O)[C@H]2O1. The molecule has 0 spiro atoms. The average molecular weight is 281 g/mol. The number of ether oxygens (including phenoxy) is 2. The minimum atomic E-state index is -0.691. The molecule has 1 aromatic rings. The molecule has 0 aliphatic carbocycles. The highest BCUT2D eigenvalue weighted by atomic mass is 35.5. The fourth-order valence-electron chi connectivity index (χ4n) is 2.70. The van der Waals surface area contributed by atoms with Crippen LogP contribution in [0.15, 0.2) is 24.3 Å². The third-order valence-corrected chi connectivity index (χ3v) is 4.05. The Morgan fingerprint density at radius 1 is 1.21 bits per heavy atom. The fourth-order valence-corrected chi connectivity index (χ4v) is 2.93. The molecule has 0 unspecified atom stereocenters. The van der Waals surface area contributed by atoms with Gasteiger partial charge in [-0.25, -0.2) is 4.79 Å². The predicted molar refractivity (Wildman–Crippen MR) is 67.6 cm³/mol. The molecule has 0 bridgehead atoms. The standard InChI is InChI=1S/C14H13ClO4/c15-10-4-2-1-3-8(10)5-6-11-9-7-12(16)19-13(9)14(17)18-11/h1-4,9,11,13H,5-7H2/t9-,11-,13-/m0/s1. The van der Waals surface area contributed by atoms with E-state index in [2.05, 4.69) is 0 Å². The Bertz CT molecular complexity index is 528. The maximum absolute atomic E-state index is 11.6. The number of fused-ring (bicyclic) bond motifs is 1. The van der Waals surface area contributed by atoms with Gasteiger partial charge in [-0.1, -0.05) is 29.8 Å². The molecule has 4 nitrogen and oxygen atoms in total. The number of esters is 2. The number of aryl methyl sites for hydroxylation is 1. The molecule has 19 heavy (non-hydrogen) atoms. The number of hydrogen-bond acceptors (Lipinski definition) is 4. The van der Waals surface area contributed by atoms with Crippen LogP contribution in [0.4, 0.5) is 0 Å². The second-order valence-corrected chi connectivity index (χ2v) is 5.29. The van der Waals surface area contributed by atoms with E-state index in [0.29, 0.717) is 11.4 Å². The molecule has 0 N–H and O–H groups in total. The summed E-state index contributed by atoms with van der Waals surface area (Å²) in [5.41, 5.74) is 1.02. The van der Waals surface area contributed by atoms with Crippen molar-refractivity contribution in [2.24, 2.45) is 5.92 Å². The van der Waals surface area contributed by atoms with Crippen LogP contribution in [0.5, 0.6) is 0 Å². The summed E-state index contributed by atoms with van der Waals surface area (Å²) in [5.74, 6) is -0.864. The molecule has 2 aliphatic heterocycles. The first-order valence-corrected chi connectivity index (χ1v) is 6.66. The Kier molecular flexibility index (Phi) is 3.19. The predicted octanol–water partition coefficient (Wildman–Crippen LogP) is 2.13. The van der Waals surface area contributed by atoms with Gasteiger partial charge >= 0.3 is 11.9 Å². The molecule has 1 aromatic carbocycles. The number of hydrogen-bond donors (Lipinski definition) is 0. The van der Waals surface area contributed by atoms with Gasteiger partial charge in [0.05, 0.1) is 12.3 Å². The van der Waals surface area contributed by atoms with Gasteiger partial charge in [0.25, 0.3) is 0 Å². The summed E-state index contributed by atoms with van der Waals surface area (Å²) in [6.07, 6.45) is 0.704. The molecule has 2 heterocycles. The highest BCUT2D eigenvalue weighted by molar-refractivity contribution is 6.31. The van der Waals surface area contributed by atoms with E-state index in [-0.39, 0.29) is 24.4 Å². The number of benzene rings is 1. The summed E-state index contributed by atoms with van der Waals surface area (Å²) < 4.78 is 10.2. The summed E-state index contributed by atoms with van der Waals surface area (Å²) >= 11 is 6.09. The minimum Gasteiger partial charge on any atom is -0.459 e. The fraction of sp³-hybridized carbons (Fsp3) is 0.429. The Morgan fingerprint density at radius 3 is 2.79 bits per heavy atom. The van der Waals surface area contributed by atoms with E-state index in [4.69, 9.17) is 21.1 Å². The summed E-state index contributed by atoms with van der Waals surface area (Å²) in [6.45, 7) is 0. The summed E-state index contributed by atoms with van der Waals surface area (Å²) in [5, 5.41) is 0.710. The number of halogens is 1. The summed E-state index contributed by atoms with van der Waals surface area (Å²) in [7, 11) is 0. The molecule has 100 valence electrons. The van der Waals surface area contributed by atoms with Gasteiger partial charge < -0.3 is 9.47 Å². The molecule has 2 saturated heterocycles. The lowest BCUT2D eigenvalue weighted by atomic mass is 9.93.